The van der Waals surface area contributed by atoms with Gasteiger partial charge in [0, 0.05) is 19.1 Å². The SMILES string of the molecule is COc1ccc(C[C@H](CO)CNC(=O)[C@@H](C)Oc2ccc(F)cc2Cl)cc1O. The molecule has 28 heavy (non-hydrogen) atoms. The lowest BCUT2D eigenvalue weighted by Crippen LogP contribution is -2.40. The number of ether oxygens (including phenoxy) is 2. The van der Waals surface area contributed by atoms with Crippen LogP contribution in [0.3, 0.4) is 0 Å². The number of phenolic OH excluding ortho intramolecular Hbond substituents is 1. The standard InChI is InChI=1S/C20H23ClFNO5/c1-12(28-18-6-4-15(22)9-16(18)21)20(26)23-10-14(11-24)7-13-3-5-19(27-2)17(25)8-13/h3-6,8-9,12,14,24-25H,7,10-11H2,1-2H3,(H,23,26)/t12-,14+/m1/s1. The van der Waals surface area contributed by atoms with Gasteiger partial charge in [-0.3, -0.25) is 4.79 Å². The Hall–Kier alpha value is -2.51. The zero-order chi connectivity index (χ0) is 20.7. The Morgan fingerprint density at radius 1 is 1.25 bits per heavy atom. The van der Waals surface area contributed by atoms with Gasteiger partial charge < -0.3 is 25.0 Å². The van der Waals surface area contributed by atoms with Gasteiger partial charge >= 0.3 is 0 Å². The highest BCUT2D eigenvalue weighted by atomic mass is 35.5. The fraction of sp³-hybridized carbons (Fsp3) is 0.350. The van der Waals surface area contributed by atoms with Crippen LogP contribution in [0.5, 0.6) is 17.2 Å². The molecule has 0 heterocycles. The number of phenols is 1. The number of methoxy groups -OCH3 is 1. The summed E-state index contributed by atoms with van der Waals surface area (Å²) in [6, 6.07) is 8.64. The quantitative estimate of drug-likeness (QED) is 0.590. The minimum Gasteiger partial charge on any atom is -0.504 e. The van der Waals surface area contributed by atoms with Gasteiger partial charge in [0.15, 0.2) is 17.6 Å². The molecule has 2 aromatic carbocycles. The van der Waals surface area contributed by atoms with Crippen LogP contribution in [-0.4, -0.2) is 42.5 Å². The number of amides is 1. The molecule has 0 radical (unpaired) electrons. The molecule has 0 fully saturated rings. The van der Waals surface area contributed by atoms with Gasteiger partial charge in [-0.05, 0) is 49.2 Å². The molecule has 0 saturated heterocycles. The summed E-state index contributed by atoms with van der Waals surface area (Å²) in [6.07, 6.45) is -0.403. The summed E-state index contributed by atoms with van der Waals surface area (Å²) in [7, 11) is 1.46. The van der Waals surface area contributed by atoms with Crippen molar-refractivity contribution in [3.05, 3.63) is 52.8 Å². The van der Waals surface area contributed by atoms with Crippen LogP contribution in [0.4, 0.5) is 4.39 Å². The summed E-state index contributed by atoms with van der Waals surface area (Å²) in [6.45, 7) is 1.61. The molecule has 2 atom stereocenters. The molecule has 0 unspecified atom stereocenters. The molecular formula is C20H23ClFNO5. The van der Waals surface area contributed by atoms with E-state index in [9.17, 15) is 19.4 Å². The van der Waals surface area contributed by atoms with Gasteiger partial charge in [0.05, 0.1) is 12.1 Å². The van der Waals surface area contributed by atoms with Crippen molar-refractivity contribution in [3.63, 3.8) is 0 Å². The molecule has 3 N–H and O–H groups in total. The van der Waals surface area contributed by atoms with Crippen LogP contribution in [0.2, 0.25) is 5.02 Å². The smallest absolute Gasteiger partial charge is 0.260 e. The Balaban J connectivity index is 1.89. The van der Waals surface area contributed by atoms with Crippen LogP contribution < -0.4 is 14.8 Å². The van der Waals surface area contributed by atoms with Crippen molar-refractivity contribution in [2.24, 2.45) is 5.92 Å². The molecule has 0 aliphatic rings. The van der Waals surface area contributed by atoms with Gasteiger partial charge in [-0.1, -0.05) is 17.7 Å². The molecular weight excluding hydrogens is 389 g/mol. The first-order chi connectivity index (χ1) is 13.3. The number of benzene rings is 2. The third-order valence-electron chi connectivity index (χ3n) is 4.16. The van der Waals surface area contributed by atoms with E-state index in [1.807, 2.05) is 0 Å². The number of aliphatic hydroxyl groups excluding tert-OH is 1. The molecule has 0 aliphatic heterocycles. The summed E-state index contributed by atoms with van der Waals surface area (Å²) in [5, 5.41) is 22.2. The Labute approximate surface area is 167 Å². The van der Waals surface area contributed by atoms with E-state index in [0.29, 0.717) is 12.2 Å². The van der Waals surface area contributed by atoms with Gasteiger partial charge in [-0.25, -0.2) is 4.39 Å². The van der Waals surface area contributed by atoms with E-state index in [0.717, 1.165) is 11.6 Å². The van der Waals surface area contributed by atoms with Crippen molar-refractivity contribution >= 4 is 17.5 Å². The van der Waals surface area contributed by atoms with Crippen LogP contribution in [-0.2, 0) is 11.2 Å². The molecule has 2 aromatic rings. The summed E-state index contributed by atoms with van der Waals surface area (Å²) in [5.74, 6) is -0.556. The Morgan fingerprint density at radius 3 is 2.57 bits per heavy atom. The van der Waals surface area contributed by atoms with Crippen molar-refractivity contribution in [2.75, 3.05) is 20.3 Å². The first-order valence-electron chi connectivity index (χ1n) is 8.70. The predicted molar refractivity (Wildman–Crippen MR) is 103 cm³/mol. The first kappa shape index (κ1) is 21.8. The number of aromatic hydroxyl groups is 1. The largest absolute Gasteiger partial charge is 0.504 e. The molecule has 152 valence electrons. The predicted octanol–water partition coefficient (Wildman–Crippen LogP) is 2.93. The van der Waals surface area contributed by atoms with E-state index in [2.05, 4.69) is 5.32 Å². The summed E-state index contributed by atoms with van der Waals surface area (Å²) in [4.78, 5) is 12.2. The highest BCUT2D eigenvalue weighted by Gasteiger charge is 2.18. The fourth-order valence-corrected chi connectivity index (χ4v) is 2.81. The second-order valence-corrected chi connectivity index (χ2v) is 6.75. The minimum atomic E-state index is -0.854. The molecule has 0 bridgehead atoms. The highest BCUT2D eigenvalue weighted by molar-refractivity contribution is 6.32. The van der Waals surface area contributed by atoms with Gasteiger partial charge in [-0.15, -0.1) is 0 Å². The topological polar surface area (TPSA) is 88.0 Å². The van der Waals surface area contributed by atoms with Gasteiger partial charge in [0.1, 0.15) is 11.6 Å². The van der Waals surface area contributed by atoms with Crippen molar-refractivity contribution in [3.8, 4) is 17.2 Å². The second-order valence-electron chi connectivity index (χ2n) is 6.34. The average molecular weight is 412 g/mol. The van der Waals surface area contributed by atoms with Gasteiger partial charge in [-0.2, -0.15) is 0 Å². The summed E-state index contributed by atoms with van der Waals surface area (Å²) < 4.78 is 23.5. The number of halogens is 2. The van der Waals surface area contributed by atoms with E-state index in [-0.39, 0.29) is 35.6 Å². The van der Waals surface area contributed by atoms with Crippen LogP contribution in [0.15, 0.2) is 36.4 Å². The summed E-state index contributed by atoms with van der Waals surface area (Å²) >= 11 is 5.89. The van der Waals surface area contributed by atoms with Crippen LogP contribution in [0.1, 0.15) is 12.5 Å². The average Bonchev–Trinajstić information content (AvgIpc) is 2.67. The zero-order valence-corrected chi connectivity index (χ0v) is 16.4. The maximum atomic E-state index is 13.1. The zero-order valence-electron chi connectivity index (χ0n) is 15.6. The van der Waals surface area contributed by atoms with Crippen LogP contribution in [0, 0.1) is 11.7 Å². The molecule has 8 heteroatoms. The molecule has 1 amide bonds. The lowest BCUT2D eigenvalue weighted by Gasteiger charge is -2.19. The first-order valence-corrected chi connectivity index (χ1v) is 9.08. The molecule has 2 rings (SSSR count). The maximum Gasteiger partial charge on any atom is 0.260 e. The molecule has 0 spiro atoms. The maximum absolute atomic E-state index is 13.1. The van der Waals surface area contributed by atoms with Crippen LogP contribution in [0.25, 0.3) is 0 Å². The lowest BCUT2D eigenvalue weighted by atomic mass is 9.99. The molecule has 6 nitrogen and oxygen atoms in total. The fourth-order valence-electron chi connectivity index (χ4n) is 2.60. The Morgan fingerprint density at radius 2 is 1.96 bits per heavy atom. The van der Waals surface area contributed by atoms with E-state index in [1.165, 1.54) is 19.2 Å². The number of hydrogen-bond donors (Lipinski definition) is 3. The Bertz CT molecular complexity index is 817. The number of hydrogen-bond acceptors (Lipinski definition) is 5. The number of carbonyl (C=O) groups excluding carboxylic acids is 1. The van der Waals surface area contributed by atoms with E-state index in [4.69, 9.17) is 21.1 Å². The highest BCUT2D eigenvalue weighted by Crippen LogP contribution is 2.27. The third kappa shape index (κ3) is 6.00. The monoisotopic (exact) mass is 411 g/mol. The van der Waals surface area contributed by atoms with Gasteiger partial charge in [0.2, 0.25) is 0 Å². The molecule has 0 aromatic heterocycles. The van der Waals surface area contributed by atoms with Crippen molar-refractivity contribution in [2.45, 2.75) is 19.4 Å². The Kier molecular flexibility index (Phi) is 7.90. The third-order valence-corrected chi connectivity index (χ3v) is 4.45. The van der Waals surface area contributed by atoms with Crippen molar-refractivity contribution in [1.82, 2.24) is 5.32 Å². The van der Waals surface area contributed by atoms with E-state index in [1.54, 1.807) is 25.1 Å². The molecule has 0 saturated carbocycles. The van der Waals surface area contributed by atoms with Gasteiger partial charge in [0.25, 0.3) is 5.91 Å². The van der Waals surface area contributed by atoms with E-state index >= 15 is 0 Å². The van der Waals surface area contributed by atoms with Crippen LogP contribution >= 0.6 is 11.6 Å². The number of rotatable bonds is 9. The van der Waals surface area contributed by atoms with Crippen molar-refractivity contribution < 1.29 is 28.9 Å². The van der Waals surface area contributed by atoms with E-state index < -0.39 is 17.8 Å². The normalized spacial score (nSPS) is 12.9. The lowest BCUT2D eigenvalue weighted by molar-refractivity contribution is -0.127. The number of aliphatic hydroxyl groups is 1. The second kappa shape index (κ2) is 10.1. The minimum absolute atomic E-state index is 0.0129. The molecule has 0 aliphatic carbocycles. The number of carbonyl (C=O) groups is 1. The van der Waals surface area contributed by atoms with Crippen molar-refractivity contribution in [1.29, 1.82) is 0 Å². The summed E-state index contributed by atoms with van der Waals surface area (Å²) in [5.41, 5.74) is 0.800. The number of nitrogens with one attached hydrogen (secondary N) is 1.